The van der Waals surface area contributed by atoms with Crippen LogP contribution in [-0.4, -0.2) is 15.0 Å². The van der Waals surface area contributed by atoms with E-state index in [2.05, 4.69) is 21.9 Å². The fourth-order valence-corrected chi connectivity index (χ4v) is 3.56. The molecule has 0 aliphatic carbocycles. The number of nitrogens with one attached hydrogen (secondary N) is 2. The summed E-state index contributed by atoms with van der Waals surface area (Å²) in [6.07, 6.45) is 5.98. The molecule has 2 aromatic carbocycles. The summed E-state index contributed by atoms with van der Waals surface area (Å²) in [7, 11) is 0. The number of H-pyrrole nitrogens is 2. The molecule has 0 spiro atoms. The van der Waals surface area contributed by atoms with Gasteiger partial charge in [0.25, 0.3) is 11.6 Å². The normalized spacial score (nSPS) is 12.7. The van der Waals surface area contributed by atoms with Crippen LogP contribution in [0.25, 0.3) is 23.2 Å². The molecule has 0 bridgehead atoms. The Morgan fingerprint density at radius 1 is 1.13 bits per heavy atom. The van der Waals surface area contributed by atoms with E-state index in [0.29, 0.717) is 22.7 Å². The third-order valence-corrected chi connectivity index (χ3v) is 5.54. The number of imidazole rings is 1. The Balaban J connectivity index is 1.67. The smallest absolute Gasteiger partial charge is 0.300 e. The first-order valence-corrected chi connectivity index (χ1v) is 10.1. The van der Waals surface area contributed by atoms with Crippen molar-refractivity contribution in [3.05, 3.63) is 85.1 Å². The second-order valence-corrected chi connectivity index (χ2v) is 7.63. The number of hydrogen-bond acceptors (Lipinski definition) is 3. The molecule has 0 aliphatic heterocycles. The van der Waals surface area contributed by atoms with Crippen LogP contribution >= 0.6 is 11.6 Å². The van der Waals surface area contributed by atoms with Gasteiger partial charge in [0.15, 0.2) is 0 Å². The van der Waals surface area contributed by atoms with Crippen LogP contribution in [0.1, 0.15) is 23.6 Å². The van der Waals surface area contributed by atoms with Gasteiger partial charge in [-0.15, -0.1) is 0 Å². The number of fused-ring (bicyclic) bond motifs is 1. The van der Waals surface area contributed by atoms with E-state index in [1.807, 2.05) is 62.4 Å². The molecule has 2 aromatic heterocycles. The van der Waals surface area contributed by atoms with E-state index in [1.165, 1.54) is 5.56 Å². The Hall–Kier alpha value is -3.31. The number of rotatable bonds is 4. The van der Waals surface area contributed by atoms with Gasteiger partial charge >= 0.3 is 0 Å². The third-order valence-electron chi connectivity index (χ3n) is 5.19. The Kier molecular flexibility index (Phi) is 5.46. The van der Waals surface area contributed by atoms with Crippen molar-refractivity contribution in [2.75, 3.05) is 0 Å². The number of halogens is 1. The van der Waals surface area contributed by atoms with Gasteiger partial charge in [-0.2, -0.15) is 4.98 Å². The molecule has 2 N–H and O–H groups in total. The molecule has 6 heteroatoms. The monoisotopic (exact) mass is 419 g/mol. The second kappa shape index (κ2) is 8.20. The van der Waals surface area contributed by atoms with Gasteiger partial charge in [-0.25, -0.2) is 0 Å². The lowest BCUT2D eigenvalue weighted by Crippen LogP contribution is -2.40. The summed E-state index contributed by atoms with van der Waals surface area (Å²) in [6, 6.07) is 12.0. The molecular formula is C24H22ClN3O2. The molecule has 0 saturated heterocycles. The van der Waals surface area contributed by atoms with Crippen molar-refractivity contribution in [1.29, 1.82) is 0 Å². The number of aromatic amines is 2. The van der Waals surface area contributed by atoms with Crippen LogP contribution in [0.5, 0.6) is 11.8 Å². The Labute approximate surface area is 178 Å². The fraction of sp³-hybridized carbons (Fsp3) is 0.167. The molecule has 4 rings (SSSR count). The molecule has 5 nitrogen and oxygen atoms in total. The number of ether oxygens (including phenoxy) is 1. The molecule has 2 heterocycles. The zero-order chi connectivity index (χ0) is 21.3. The van der Waals surface area contributed by atoms with E-state index in [-0.39, 0.29) is 5.56 Å². The van der Waals surface area contributed by atoms with Crippen molar-refractivity contribution >= 4 is 34.8 Å². The number of aryl methyl sites for hydroxylation is 2. The molecule has 0 atom stereocenters. The lowest BCUT2D eigenvalue weighted by molar-refractivity contribution is 0.449. The second-order valence-electron chi connectivity index (χ2n) is 7.22. The average Bonchev–Trinajstić information content (AvgIpc) is 3.10. The number of pyridine rings is 1. The number of hydrogen-bond donors (Lipinski definition) is 2. The van der Waals surface area contributed by atoms with E-state index in [1.54, 1.807) is 6.20 Å². The molecule has 30 heavy (non-hydrogen) atoms. The summed E-state index contributed by atoms with van der Waals surface area (Å²) in [6.45, 7) is 6.02. The van der Waals surface area contributed by atoms with Gasteiger partial charge < -0.3 is 14.7 Å². The van der Waals surface area contributed by atoms with Crippen molar-refractivity contribution in [3.63, 3.8) is 0 Å². The van der Waals surface area contributed by atoms with Crippen molar-refractivity contribution < 1.29 is 4.74 Å². The minimum atomic E-state index is -0.117. The van der Waals surface area contributed by atoms with Crippen LogP contribution in [0.3, 0.4) is 0 Å². The molecule has 0 aliphatic rings. The highest BCUT2D eigenvalue weighted by molar-refractivity contribution is 6.32. The molecule has 0 saturated carbocycles. The van der Waals surface area contributed by atoms with E-state index >= 15 is 0 Å². The fourth-order valence-electron chi connectivity index (χ4n) is 3.33. The molecule has 4 aromatic rings. The van der Waals surface area contributed by atoms with Crippen LogP contribution in [0.15, 0.2) is 47.4 Å². The first-order chi connectivity index (χ1) is 14.4. The van der Waals surface area contributed by atoms with E-state index in [4.69, 9.17) is 16.3 Å². The van der Waals surface area contributed by atoms with Crippen LogP contribution < -0.4 is 20.7 Å². The lowest BCUT2D eigenvalue weighted by atomic mass is 10.1. The number of aromatic nitrogens is 3. The summed E-state index contributed by atoms with van der Waals surface area (Å²) >= 11 is 6.48. The van der Waals surface area contributed by atoms with E-state index in [0.717, 1.165) is 33.1 Å². The summed E-state index contributed by atoms with van der Waals surface area (Å²) in [5, 5.41) is 2.12. The maximum atomic E-state index is 12.2. The van der Waals surface area contributed by atoms with Crippen LogP contribution in [-0.2, 0) is 6.42 Å². The zero-order valence-electron chi connectivity index (χ0n) is 17.0. The third kappa shape index (κ3) is 4.02. The van der Waals surface area contributed by atoms with Crippen LogP contribution in [0.2, 0.25) is 5.02 Å². The highest BCUT2D eigenvalue weighted by atomic mass is 35.5. The van der Waals surface area contributed by atoms with Crippen LogP contribution in [0.4, 0.5) is 0 Å². The first kappa shape index (κ1) is 20.0. The number of benzene rings is 2. The first-order valence-electron chi connectivity index (χ1n) is 9.72. The average molecular weight is 420 g/mol. The van der Waals surface area contributed by atoms with Crippen molar-refractivity contribution in [1.82, 2.24) is 15.0 Å². The minimum Gasteiger partial charge on any atom is -0.426 e. The maximum Gasteiger partial charge on any atom is 0.300 e. The highest BCUT2D eigenvalue weighted by Crippen LogP contribution is 2.27. The van der Waals surface area contributed by atoms with Gasteiger partial charge in [0.2, 0.25) is 0 Å². The predicted octanol–water partition coefficient (Wildman–Crippen LogP) is 4.14. The number of nitrogens with zero attached hydrogens (tertiary/aromatic N) is 1. The Bertz CT molecular complexity index is 1420. The van der Waals surface area contributed by atoms with Gasteiger partial charge in [0.05, 0.1) is 11.0 Å². The van der Waals surface area contributed by atoms with Gasteiger partial charge in [0, 0.05) is 16.4 Å². The molecule has 0 amide bonds. The van der Waals surface area contributed by atoms with Gasteiger partial charge in [-0.1, -0.05) is 29.8 Å². The van der Waals surface area contributed by atoms with Crippen molar-refractivity contribution in [2.45, 2.75) is 27.2 Å². The molecule has 0 fully saturated rings. The SMILES string of the molecule is C/C=c1/cc[nH]c(=O)/c1=C/Cc1cc2[nH]c(Oc3ccc(C)c(C)c3)nc2cc1Cl. The molecular weight excluding hydrogens is 398 g/mol. The summed E-state index contributed by atoms with van der Waals surface area (Å²) in [5.74, 6) is 0.725. The minimum absolute atomic E-state index is 0.117. The van der Waals surface area contributed by atoms with Gasteiger partial charge in [-0.3, -0.25) is 4.79 Å². The predicted molar refractivity (Wildman–Crippen MR) is 122 cm³/mol. The maximum absolute atomic E-state index is 12.2. The Morgan fingerprint density at radius 2 is 1.97 bits per heavy atom. The topological polar surface area (TPSA) is 70.8 Å². The van der Waals surface area contributed by atoms with E-state index < -0.39 is 0 Å². The lowest BCUT2D eigenvalue weighted by Gasteiger charge is -2.04. The highest BCUT2D eigenvalue weighted by Gasteiger charge is 2.09. The summed E-state index contributed by atoms with van der Waals surface area (Å²) in [5.41, 5.74) is 4.70. The zero-order valence-corrected chi connectivity index (χ0v) is 17.8. The van der Waals surface area contributed by atoms with Gasteiger partial charge in [-0.05, 0) is 79.4 Å². The largest absolute Gasteiger partial charge is 0.426 e. The molecule has 0 unspecified atom stereocenters. The van der Waals surface area contributed by atoms with Gasteiger partial charge in [0.1, 0.15) is 5.75 Å². The molecule has 152 valence electrons. The standard InChI is InChI=1S/C24H22ClN3O2/c1-4-16-9-10-26-23(29)19(16)8-6-17-12-21-22(13-20(17)25)28-24(27-21)30-18-7-5-14(2)15(3)11-18/h4-5,7-13H,6H2,1-3H3,(H,26,29)(H,27,28)/b16-4-,19-8+. The van der Waals surface area contributed by atoms with Crippen molar-refractivity contribution in [3.8, 4) is 11.8 Å². The molecule has 0 radical (unpaired) electrons. The Morgan fingerprint density at radius 3 is 2.73 bits per heavy atom. The van der Waals surface area contributed by atoms with Crippen LogP contribution in [0, 0.1) is 13.8 Å². The quantitative estimate of drug-likeness (QED) is 0.522. The summed E-state index contributed by atoms with van der Waals surface area (Å²) < 4.78 is 5.89. The van der Waals surface area contributed by atoms with Crippen molar-refractivity contribution in [2.24, 2.45) is 0 Å². The summed E-state index contributed by atoms with van der Waals surface area (Å²) in [4.78, 5) is 22.6. The van der Waals surface area contributed by atoms with E-state index in [9.17, 15) is 4.79 Å².